The minimum Gasteiger partial charge on any atom is -0.550 e. The van der Waals surface area contributed by atoms with Crippen molar-refractivity contribution in [1.29, 1.82) is 0 Å². The number of halogens is 5. The van der Waals surface area contributed by atoms with Gasteiger partial charge >= 0.3 is 49.0 Å². The van der Waals surface area contributed by atoms with Crippen molar-refractivity contribution in [3.63, 3.8) is 0 Å². The zero-order valence-electron chi connectivity index (χ0n) is 62.6. The Morgan fingerprint density at radius 2 is 0.796 bits per heavy atom. The van der Waals surface area contributed by atoms with Crippen LogP contribution in [0.4, 0.5) is 17.1 Å². The predicted molar refractivity (Wildman–Crippen MR) is 418 cm³/mol. The van der Waals surface area contributed by atoms with Crippen molar-refractivity contribution in [3.05, 3.63) is 213 Å². The van der Waals surface area contributed by atoms with E-state index in [0.717, 1.165) is 55.9 Å². The monoisotopic (exact) mass is 1650 g/mol. The number of anilines is 3. The maximum atomic E-state index is 13.0. The number of sulfonamides is 3. The van der Waals surface area contributed by atoms with E-state index >= 15 is 0 Å². The molecule has 6 aromatic carbocycles. The van der Waals surface area contributed by atoms with Gasteiger partial charge in [0.25, 0.3) is 30.1 Å². The van der Waals surface area contributed by atoms with Gasteiger partial charge in [0, 0.05) is 59.0 Å². The van der Waals surface area contributed by atoms with E-state index < -0.39 is 48.0 Å². The number of benzene rings is 6. The van der Waals surface area contributed by atoms with Crippen LogP contribution in [-0.2, 0) is 88.3 Å². The molecule has 36 heteroatoms. The molecule has 0 fully saturated rings. The summed E-state index contributed by atoms with van der Waals surface area (Å²) >= 11 is 27.8. The number of rotatable bonds is 17. The van der Waals surface area contributed by atoms with E-state index in [1.54, 1.807) is 120 Å². The topological polar surface area (TPSA) is 385 Å². The SMILES string of the molecule is CC(=O)OOC(C)=O.CC(=O)[B]O.CC(=O)[O-].CC(C)(C)c1ccc(S(=O)(=O)Nc2ccc(Cl)cc2-n2cc(C=O)cn2)cc1.CC(C)(C)c1ccc(S(=O)(=O)Nc2ccc(Cl)cc2-n2cc(CO)cn2)cc1.CCCc1cnn(-c2cc(Cl)ccc2NS(=O)(=O)c2ccc(C(C)(C)C)cc2)c1.CN.ClCCl.[Na+]. The predicted octanol–water partition coefficient (Wildman–Crippen LogP) is 10.1. The molecule has 9 aromatic rings. The van der Waals surface area contributed by atoms with Gasteiger partial charge in [0.15, 0.2) is 6.29 Å². The zero-order chi connectivity index (χ0) is 81.4. The average molecular weight is 1660 g/mol. The Bertz CT molecular complexity index is 4710. The van der Waals surface area contributed by atoms with Crippen LogP contribution in [0, 0.1) is 0 Å². The van der Waals surface area contributed by atoms with Gasteiger partial charge in [-0.05, 0) is 157 Å². The van der Waals surface area contributed by atoms with Gasteiger partial charge in [-0.3, -0.25) is 19.0 Å². The number of nitrogens with one attached hydrogen (secondary N) is 3. The number of aliphatic hydroxyl groups excluding tert-OH is 1. The first-order chi connectivity index (χ1) is 49.8. The molecule has 579 valence electrons. The number of hydrogen-bond acceptors (Lipinski definition) is 20. The summed E-state index contributed by atoms with van der Waals surface area (Å²) in [6.07, 6.45) is 12.2. The molecule has 0 spiro atoms. The summed E-state index contributed by atoms with van der Waals surface area (Å²) in [6.45, 7) is 25.1. The number of carbonyl (C=O) groups excluding carboxylic acids is 5. The third-order valence-electron chi connectivity index (χ3n) is 13.6. The minimum absolute atomic E-state index is 0. The Hall–Kier alpha value is -7.66. The fraction of sp³-hybridized carbons (Fsp3) is 0.306. The van der Waals surface area contributed by atoms with Crippen LogP contribution in [0.15, 0.2) is 179 Å². The van der Waals surface area contributed by atoms with Crippen LogP contribution in [0.5, 0.6) is 0 Å². The molecule has 9 rings (SSSR count). The molecule has 0 aliphatic rings. The summed E-state index contributed by atoms with van der Waals surface area (Å²) in [5.41, 5.74) is 11.7. The van der Waals surface area contributed by atoms with Crippen molar-refractivity contribution in [3.8, 4) is 17.1 Å². The van der Waals surface area contributed by atoms with Crippen LogP contribution in [0.25, 0.3) is 17.1 Å². The number of aldehydes is 1. The molecule has 0 aliphatic carbocycles. The third kappa shape index (κ3) is 34.1. The van der Waals surface area contributed by atoms with E-state index in [1.807, 2.05) is 30.5 Å². The number of carboxylic acid groups (broad SMARTS) is 1. The van der Waals surface area contributed by atoms with Gasteiger partial charge in [-0.2, -0.15) is 15.3 Å². The second-order valence-electron chi connectivity index (χ2n) is 25.4. The molecule has 0 aliphatic heterocycles. The molecule has 7 N–H and O–H groups in total. The number of carboxylic acids is 1. The summed E-state index contributed by atoms with van der Waals surface area (Å²) in [5, 5.41) is 40.0. The molecule has 1 radical (unpaired) electrons. The molecule has 3 heterocycles. The van der Waals surface area contributed by atoms with Crippen LogP contribution < -0.4 is 54.6 Å². The smallest absolute Gasteiger partial charge is 0.550 e. The van der Waals surface area contributed by atoms with Crippen LogP contribution in [0.3, 0.4) is 0 Å². The van der Waals surface area contributed by atoms with Gasteiger partial charge in [-0.15, -0.1) is 23.2 Å². The summed E-state index contributed by atoms with van der Waals surface area (Å²) in [4.78, 5) is 57.2. The van der Waals surface area contributed by atoms with Crippen LogP contribution in [0.2, 0.25) is 15.1 Å². The molecule has 3 aromatic heterocycles. The number of aliphatic hydroxyl groups is 1. The summed E-state index contributed by atoms with van der Waals surface area (Å²) < 4.78 is 89.8. The fourth-order valence-electron chi connectivity index (χ4n) is 8.49. The number of nitrogens with two attached hydrogens (primary N) is 1. The van der Waals surface area contributed by atoms with Crippen molar-refractivity contribution in [2.75, 3.05) is 26.6 Å². The Morgan fingerprint density at radius 3 is 1.03 bits per heavy atom. The van der Waals surface area contributed by atoms with E-state index in [1.165, 1.54) is 41.9 Å². The first-order valence-corrected chi connectivity index (χ1v) is 38.7. The maximum Gasteiger partial charge on any atom is 1.00 e. The van der Waals surface area contributed by atoms with Gasteiger partial charge in [-0.25, -0.2) is 58.7 Å². The molecular weight excluding hydrogens is 1570 g/mol. The quantitative estimate of drug-likeness (QED) is 0.0162. The van der Waals surface area contributed by atoms with Crippen molar-refractivity contribution in [2.45, 2.75) is 147 Å². The van der Waals surface area contributed by atoms with Gasteiger partial charge in [0.2, 0.25) is 0 Å². The van der Waals surface area contributed by atoms with E-state index in [9.17, 15) is 49.5 Å². The maximum absolute atomic E-state index is 13.0. The van der Waals surface area contributed by atoms with Crippen molar-refractivity contribution in [1.82, 2.24) is 29.3 Å². The van der Waals surface area contributed by atoms with E-state index in [-0.39, 0.29) is 78.1 Å². The zero-order valence-corrected chi connectivity index (χ0v) is 70.8. The third-order valence-corrected chi connectivity index (χ3v) is 18.5. The first-order valence-electron chi connectivity index (χ1n) is 32.0. The standard InChI is InChI=1S/C22H26ClN3O2S.C20H22ClN3O3S.C20H20ClN3O3S.C4H6O4.C2H4BO2.C2H4O2.CH2Cl2.CH5N.Na/c1-5-6-16-14-24-26(15-16)21-13-18(23)9-12-20(21)25-29(27,28)19-10-7-17(8-11-19)22(2,3)4;2*1-20(2,3)15-4-7-17(8-5-15)28(26,27)23-18-9-6-16(21)10-19(18)24-12-14(13-25)11-22-24;1-3(5)7-8-4(2)6;1-2(4)3-5;1-2(3)4;2-1-3;1-2;/h7-15,25H,5-6H2,1-4H3;4-12,23,25H,13H2,1-3H3;4-13,23H,1-3H3;1-2H3;5H,1H3;1H3,(H,3,4);1H2;2H2,1H3;/q;;;;;;;;+1/p-1. The van der Waals surface area contributed by atoms with Crippen LogP contribution in [-0.4, -0.2) is 114 Å². The van der Waals surface area contributed by atoms with E-state index in [4.69, 9.17) is 72.9 Å². The molecule has 0 saturated carbocycles. The Balaban J connectivity index is 0.000000707. The second-order valence-corrected chi connectivity index (χ2v) is 32.6. The minimum atomic E-state index is -3.82. The number of aryl methyl sites for hydroxylation is 1. The summed E-state index contributed by atoms with van der Waals surface area (Å²) in [5.74, 6) is -2.36. The summed E-state index contributed by atoms with van der Waals surface area (Å²) in [7, 11) is -9.35. The molecule has 0 unspecified atom stereocenters. The molecule has 0 bridgehead atoms. The molecule has 0 amide bonds. The number of aromatic nitrogens is 6. The van der Waals surface area contributed by atoms with E-state index in [2.05, 4.69) is 114 Å². The number of carbonyl (C=O) groups is 5. The van der Waals surface area contributed by atoms with Crippen molar-refractivity contribution in [2.24, 2.45) is 5.73 Å². The Kier molecular flexibility index (Phi) is 42.0. The number of hydrogen-bond donors (Lipinski definition) is 6. The molecule has 26 nitrogen and oxygen atoms in total. The summed E-state index contributed by atoms with van der Waals surface area (Å²) in [6, 6.07) is 35.1. The molecule has 0 saturated heterocycles. The van der Waals surface area contributed by atoms with Gasteiger partial charge < -0.3 is 30.6 Å². The Labute approximate surface area is 679 Å². The number of aliphatic carboxylic acids is 1. The van der Waals surface area contributed by atoms with Crippen molar-refractivity contribution < 1.29 is 104 Å². The van der Waals surface area contributed by atoms with Gasteiger partial charge in [0.05, 0.1) is 84.9 Å². The number of alkyl halides is 2. The molecular formula is C72H88BCl5N10NaO16S3. The van der Waals surface area contributed by atoms with Crippen LogP contribution >= 0.6 is 58.0 Å². The average Bonchev–Trinajstić information content (AvgIpc) is 1.23. The second kappa shape index (κ2) is 46.1. The largest absolute Gasteiger partial charge is 1.00 e. The van der Waals surface area contributed by atoms with Crippen molar-refractivity contribution >= 4 is 142 Å². The van der Waals surface area contributed by atoms with E-state index in [0.29, 0.717) is 74.1 Å². The molecule has 0 atom stereocenters. The Morgan fingerprint density at radius 1 is 0.528 bits per heavy atom. The normalized spacial score (nSPS) is 10.9. The van der Waals surface area contributed by atoms with Gasteiger partial charge in [-0.1, -0.05) is 147 Å². The molecule has 108 heavy (non-hydrogen) atoms. The van der Waals surface area contributed by atoms with Crippen LogP contribution in [0.1, 0.15) is 142 Å². The fourth-order valence-corrected chi connectivity index (χ4v) is 12.2. The number of nitrogens with zero attached hydrogens (tertiary/aromatic N) is 6. The van der Waals surface area contributed by atoms with Gasteiger partial charge in [0.1, 0.15) is 5.68 Å². The first kappa shape index (κ1) is 98.4.